The molecule has 0 radical (unpaired) electrons. The summed E-state index contributed by atoms with van der Waals surface area (Å²) in [7, 11) is 0. The molecule has 1 atom stereocenters. The summed E-state index contributed by atoms with van der Waals surface area (Å²) in [5.74, 6) is -1.14. The van der Waals surface area contributed by atoms with Crippen LogP contribution in [0.4, 0.5) is 8.78 Å². The van der Waals surface area contributed by atoms with Gasteiger partial charge in [0.1, 0.15) is 11.6 Å². The Balaban J connectivity index is 2.11. The zero-order chi connectivity index (χ0) is 13.1. The van der Waals surface area contributed by atoms with Crippen molar-refractivity contribution in [3.05, 3.63) is 53.6 Å². The van der Waals surface area contributed by atoms with Gasteiger partial charge in [0.2, 0.25) is 0 Å². The third-order valence-corrected chi connectivity index (χ3v) is 2.51. The van der Waals surface area contributed by atoms with Gasteiger partial charge in [-0.15, -0.1) is 0 Å². The summed E-state index contributed by atoms with van der Waals surface area (Å²) in [6.45, 7) is 2.29. The molecule has 2 aromatic rings. The highest BCUT2D eigenvalue weighted by atomic mass is 19.1. The van der Waals surface area contributed by atoms with Crippen molar-refractivity contribution in [1.29, 1.82) is 0 Å². The first-order chi connectivity index (χ1) is 8.52. The van der Waals surface area contributed by atoms with Crippen molar-refractivity contribution >= 4 is 0 Å². The number of rotatable bonds is 4. The van der Waals surface area contributed by atoms with E-state index in [0.29, 0.717) is 18.5 Å². The Morgan fingerprint density at radius 2 is 1.94 bits per heavy atom. The van der Waals surface area contributed by atoms with Crippen LogP contribution in [0.15, 0.2) is 30.7 Å². The molecule has 2 N–H and O–H groups in total. The normalized spacial score (nSPS) is 12.7. The van der Waals surface area contributed by atoms with Crippen molar-refractivity contribution in [1.82, 2.24) is 9.55 Å². The van der Waals surface area contributed by atoms with Gasteiger partial charge in [0.25, 0.3) is 0 Å². The maximum absolute atomic E-state index is 13.0. The van der Waals surface area contributed by atoms with E-state index in [4.69, 9.17) is 5.73 Å². The summed E-state index contributed by atoms with van der Waals surface area (Å²) in [5.41, 5.74) is 7.12. The molecule has 1 aromatic heterocycles. The number of hydrogen-bond acceptors (Lipinski definition) is 2. The summed E-state index contributed by atoms with van der Waals surface area (Å²) in [4.78, 5) is 4.19. The fourth-order valence-corrected chi connectivity index (χ4v) is 1.84. The van der Waals surface area contributed by atoms with Gasteiger partial charge in [-0.2, -0.15) is 0 Å². The van der Waals surface area contributed by atoms with Gasteiger partial charge in [-0.05, 0) is 24.6 Å². The van der Waals surface area contributed by atoms with Gasteiger partial charge in [0, 0.05) is 31.3 Å². The summed E-state index contributed by atoms with van der Waals surface area (Å²) >= 11 is 0. The lowest BCUT2D eigenvalue weighted by Gasteiger charge is -2.03. The maximum Gasteiger partial charge on any atom is 0.126 e. The Labute approximate surface area is 104 Å². The SMILES string of the molecule is CC(N)Cc1cn(Cc2cc(F)cc(F)c2)cn1. The fraction of sp³-hybridized carbons (Fsp3) is 0.308. The second kappa shape index (κ2) is 5.27. The van der Waals surface area contributed by atoms with Crippen molar-refractivity contribution in [2.45, 2.75) is 25.9 Å². The second-order valence-electron chi connectivity index (χ2n) is 4.50. The highest BCUT2D eigenvalue weighted by Crippen LogP contribution is 2.10. The average molecular weight is 251 g/mol. The van der Waals surface area contributed by atoms with Crippen LogP contribution in [0.25, 0.3) is 0 Å². The standard InChI is InChI=1S/C13H15F2N3/c1-9(16)2-13-7-18(8-17-13)6-10-3-11(14)5-12(15)4-10/h3-5,7-9H,2,6,16H2,1H3. The van der Waals surface area contributed by atoms with Gasteiger partial charge >= 0.3 is 0 Å². The van der Waals surface area contributed by atoms with E-state index in [1.165, 1.54) is 12.1 Å². The van der Waals surface area contributed by atoms with Crippen molar-refractivity contribution in [2.75, 3.05) is 0 Å². The Morgan fingerprint density at radius 3 is 2.56 bits per heavy atom. The van der Waals surface area contributed by atoms with Crippen LogP contribution in [0.2, 0.25) is 0 Å². The number of imidazole rings is 1. The molecule has 0 saturated heterocycles. The van der Waals surface area contributed by atoms with Gasteiger partial charge in [-0.3, -0.25) is 0 Å². The lowest BCUT2D eigenvalue weighted by molar-refractivity contribution is 0.577. The predicted molar refractivity (Wildman–Crippen MR) is 65.0 cm³/mol. The largest absolute Gasteiger partial charge is 0.333 e. The number of nitrogens with two attached hydrogens (primary N) is 1. The first-order valence-electron chi connectivity index (χ1n) is 5.74. The highest BCUT2D eigenvalue weighted by Gasteiger charge is 2.04. The van der Waals surface area contributed by atoms with E-state index in [2.05, 4.69) is 4.98 Å². The number of aromatic nitrogens is 2. The number of nitrogens with zero attached hydrogens (tertiary/aromatic N) is 2. The molecule has 1 aromatic carbocycles. The highest BCUT2D eigenvalue weighted by molar-refractivity contribution is 5.18. The summed E-state index contributed by atoms with van der Waals surface area (Å²) in [5, 5.41) is 0. The lowest BCUT2D eigenvalue weighted by Crippen LogP contribution is -2.17. The smallest absolute Gasteiger partial charge is 0.126 e. The molecule has 0 saturated carbocycles. The maximum atomic E-state index is 13.0. The van der Waals surface area contributed by atoms with Gasteiger partial charge in [-0.25, -0.2) is 13.8 Å². The van der Waals surface area contributed by atoms with E-state index >= 15 is 0 Å². The molecule has 2 rings (SSSR count). The topological polar surface area (TPSA) is 43.8 Å². The fourth-order valence-electron chi connectivity index (χ4n) is 1.84. The molecule has 0 aliphatic carbocycles. The minimum atomic E-state index is -0.569. The Kier molecular flexibility index (Phi) is 3.72. The molecule has 0 spiro atoms. The van der Waals surface area contributed by atoms with Crippen LogP contribution < -0.4 is 5.73 Å². The van der Waals surface area contributed by atoms with E-state index < -0.39 is 11.6 Å². The van der Waals surface area contributed by atoms with E-state index in [9.17, 15) is 8.78 Å². The number of hydrogen-bond donors (Lipinski definition) is 1. The quantitative estimate of drug-likeness (QED) is 0.904. The van der Waals surface area contributed by atoms with Gasteiger partial charge in [-0.1, -0.05) is 0 Å². The number of benzene rings is 1. The Morgan fingerprint density at radius 1 is 1.28 bits per heavy atom. The van der Waals surface area contributed by atoms with Crippen molar-refractivity contribution in [3.8, 4) is 0 Å². The van der Waals surface area contributed by atoms with Crippen LogP contribution in [0.1, 0.15) is 18.2 Å². The van der Waals surface area contributed by atoms with Crippen molar-refractivity contribution in [3.63, 3.8) is 0 Å². The Hall–Kier alpha value is -1.75. The van der Waals surface area contributed by atoms with Crippen LogP contribution in [0.5, 0.6) is 0 Å². The molecule has 0 aliphatic heterocycles. The molecule has 1 unspecified atom stereocenters. The molecular formula is C13H15F2N3. The van der Waals surface area contributed by atoms with E-state index in [1.807, 2.05) is 13.1 Å². The first kappa shape index (κ1) is 12.7. The molecule has 0 amide bonds. The van der Waals surface area contributed by atoms with E-state index in [-0.39, 0.29) is 6.04 Å². The van der Waals surface area contributed by atoms with Crippen LogP contribution in [-0.2, 0) is 13.0 Å². The monoisotopic (exact) mass is 251 g/mol. The summed E-state index contributed by atoms with van der Waals surface area (Å²) in [6.07, 6.45) is 4.16. The van der Waals surface area contributed by atoms with Crippen LogP contribution in [0.3, 0.4) is 0 Å². The predicted octanol–water partition coefficient (Wildman–Crippen LogP) is 2.10. The number of halogens is 2. The zero-order valence-electron chi connectivity index (χ0n) is 10.1. The molecule has 0 aliphatic rings. The minimum absolute atomic E-state index is 0.0416. The van der Waals surface area contributed by atoms with E-state index in [0.717, 1.165) is 11.8 Å². The molecule has 18 heavy (non-hydrogen) atoms. The van der Waals surface area contributed by atoms with E-state index in [1.54, 1.807) is 10.9 Å². The molecular weight excluding hydrogens is 236 g/mol. The second-order valence-corrected chi connectivity index (χ2v) is 4.50. The molecule has 96 valence electrons. The van der Waals surface area contributed by atoms with Crippen LogP contribution >= 0.6 is 0 Å². The van der Waals surface area contributed by atoms with Crippen LogP contribution in [0, 0.1) is 11.6 Å². The first-order valence-corrected chi connectivity index (χ1v) is 5.74. The molecule has 0 bridgehead atoms. The van der Waals surface area contributed by atoms with Gasteiger partial charge in [0.05, 0.1) is 12.0 Å². The minimum Gasteiger partial charge on any atom is -0.333 e. The Bertz CT molecular complexity index is 515. The third-order valence-electron chi connectivity index (χ3n) is 2.51. The van der Waals surface area contributed by atoms with Crippen LogP contribution in [-0.4, -0.2) is 15.6 Å². The molecule has 0 fully saturated rings. The van der Waals surface area contributed by atoms with Gasteiger partial charge in [0.15, 0.2) is 0 Å². The molecule has 3 nitrogen and oxygen atoms in total. The summed E-state index contributed by atoms with van der Waals surface area (Å²) < 4.78 is 27.8. The average Bonchev–Trinajstić information content (AvgIpc) is 2.62. The van der Waals surface area contributed by atoms with Crippen molar-refractivity contribution in [2.24, 2.45) is 5.73 Å². The summed E-state index contributed by atoms with van der Waals surface area (Å²) in [6, 6.07) is 3.53. The molecule has 5 heteroatoms. The lowest BCUT2D eigenvalue weighted by atomic mass is 10.2. The zero-order valence-corrected chi connectivity index (χ0v) is 10.1. The molecule has 1 heterocycles. The van der Waals surface area contributed by atoms with Crippen molar-refractivity contribution < 1.29 is 8.78 Å². The van der Waals surface area contributed by atoms with Gasteiger partial charge < -0.3 is 10.3 Å². The third kappa shape index (κ3) is 3.37.